The summed E-state index contributed by atoms with van der Waals surface area (Å²) >= 11 is 0. The lowest BCUT2D eigenvalue weighted by Crippen LogP contribution is -2.39. The van der Waals surface area contributed by atoms with E-state index >= 15 is 0 Å². The van der Waals surface area contributed by atoms with Crippen molar-refractivity contribution >= 4 is 28.8 Å². The molecule has 0 atom stereocenters. The number of hydrogen-bond donors (Lipinski definition) is 3. The average molecular weight is 460 g/mol. The van der Waals surface area contributed by atoms with Crippen molar-refractivity contribution in [3.05, 3.63) is 59.3 Å². The quantitative estimate of drug-likeness (QED) is 0.319. The molecule has 1 aliphatic carbocycles. The monoisotopic (exact) mass is 459 g/mol. The standard InChI is InChI=1S/C28H33N3O3/c1-28(15-20(16-28)27(32)33)10-7-22-23-14-24(30)19(17-29)13-25(23)31(21-5-3-2-4-6-21)26(22)18-8-11-34-12-9-18/h2-6,13-14,17-18,20,29H,7-12,15-16,30H2,1H3,(H,32,33). The summed E-state index contributed by atoms with van der Waals surface area (Å²) in [7, 11) is 0. The van der Waals surface area contributed by atoms with Gasteiger partial charge in [-0.25, -0.2) is 0 Å². The minimum absolute atomic E-state index is 0.0532. The van der Waals surface area contributed by atoms with Crippen LogP contribution in [0.2, 0.25) is 0 Å². The number of aryl methyl sites for hydroxylation is 1. The molecule has 1 saturated heterocycles. The number of nitrogens with zero attached hydrogens (tertiary/aromatic N) is 1. The van der Waals surface area contributed by atoms with E-state index in [2.05, 4.69) is 35.8 Å². The van der Waals surface area contributed by atoms with Gasteiger partial charge < -0.3 is 25.6 Å². The minimum atomic E-state index is -0.673. The average Bonchev–Trinajstić information content (AvgIpc) is 3.14. The Balaban J connectivity index is 1.65. The van der Waals surface area contributed by atoms with Crippen molar-refractivity contribution in [2.75, 3.05) is 18.9 Å². The third kappa shape index (κ3) is 4.00. The third-order valence-corrected chi connectivity index (χ3v) is 7.90. The molecule has 3 aromatic rings. The maximum absolute atomic E-state index is 11.4. The van der Waals surface area contributed by atoms with Crippen LogP contribution < -0.4 is 5.73 Å². The Hall–Kier alpha value is -3.12. The smallest absolute Gasteiger partial charge is 0.306 e. The van der Waals surface area contributed by atoms with Crippen LogP contribution in [0.15, 0.2) is 42.5 Å². The second-order valence-corrected chi connectivity index (χ2v) is 10.3. The fraction of sp³-hybridized carbons (Fsp3) is 0.429. The van der Waals surface area contributed by atoms with Gasteiger partial charge >= 0.3 is 5.97 Å². The van der Waals surface area contributed by atoms with Gasteiger partial charge in [0.15, 0.2) is 0 Å². The highest BCUT2D eigenvalue weighted by Crippen LogP contribution is 2.50. The summed E-state index contributed by atoms with van der Waals surface area (Å²) in [4.78, 5) is 11.4. The van der Waals surface area contributed by atoms with Gasteiger partial charge in [0.25, 0.3) is 0 Å². The number of nitrogen functional groups attached to an aromatic ring is 1. The van der Waals surface area contributed by atoms with Gasteiger partial charge in [-0.15, -0.1) is 0 Å². The second-order valence-electron chi connectivity index (χ2n) is 10.3. The van der Waals surface area contributed by atoms with Crippen LogP contribution in [0.4, 0.5) is 5.69 Å². The molecule has 2 aliphatic rings. The lowest BCUT2D eigenvalue weighted by Gasteiger charge is -2.43. The number of carboxylic acids is 1. The summed E-state index contributed by atoms with van der Waals surface area (Å²) in [5, 5.41) is 18.4. The highest BCUT2D eigenvalue weighted by Gasteiger charge is 2.43. The number of ether oxygens (including phenoxy) is 1. The third-order valence-electron chi connectivity index (χ3n) is 7.90. The molecule has 5 rings (SSSR count). The molecule has 1 saturated carbocycles. The molecule has 0 radical (unpaired) electrons. The molecule has 2 heterocycles. The first kappa shape index (κ1) is 22.7. The summed E-state index contributed by atoms with van der Waals surface area (Å²) in [5.74, 6) is -0.508. The Morgan fingerprint density at radius 2 is 1.94 bits per heavy atom. The summed E-state index contributed by atoms with van der Waals surface area (Å²) in [6, 6.07) is 14.5. The van der Waals surface area contributed by atoms with E-state index in [9.17, 15) is 9.90 Å². The van der Waals surface area contributed by atoms with Crippen molar-refractivity contribution in [2.24, 2.45) is 11.3 Å². The van der Waals surface area contributed by atoms with Crippen LogP contribution in [-0.4, -0.2) is 35.1 Å². The number of rotatable bonds is 7. The molecular weight excluding hydrogens is 426 g/mol. The largest absolute Gasteiger partial charge is 0.481 e. The van der Waals surface area contributed by atoms with Crippen molar-refractivity contribution in [1.29, 1.82) is 5.41 Å². The maximum atomic E-state index is 11.4. The Kier molecular flexibility index (Phi) is 5.94. The van der Waals surface area contributed by atoms with E-state index < -0.39 is 5.97 Å². The predicted molar refractivity (Wildman–Crippen MR) is 135 cm³/mol. The molecule has 0 amide bonds. The van der Waals surface area contributed by atoms with E-state index in [1.165, 1.54) is 17.5 Å². The van der Waals surface area contributed by atoms with Crippen molar-refractivity contribution in [3.8, 4) is 5.69 Å². The van der Waals surface area contributed by atoms with Crippen LogP contribution in [-0.2, 0) is 16.0 Å². The van der Waals surface area contributed by atoms with Gasteiger partial charge in [0.1, 0.15) is 0 Å². The van der Waals surface area contributed by atoms with Crippen LogP contribution in [0, 0.1) is 16.7 Å². The van der Waals surface area contributed by atoms with Crippen LogP contribution in [0.3, 0.4) is 0 Å². The van der Waals surface area contributed by atoms with Gasteiger partial charge in [0, 0.05) is 53.4 Å². The number of hydrogen-bond acceptors (Lipinski definition) is 4. The number of aliphatic carboxylic acids is 1. The highest BCUT2D eigenvalue weighted by atomic mass is 16.5. The van der Waals surface area contributed by atoms with Gasteiger partial charge in [-0.3, -0.25) is 4.79 Å². The van der Waals surface area contributed by atoms with E-state index in [1.807, 2.05) is 18.2 Å². The Labute approximate surface area is 200 Å². The summed E-state index contributed by atoms with van der Waals surface area (Å²) in [6.07, 6.45) is 6.59. The molecule has 0 bridgehead atoms. The van der Waals surface area contributed by atoms with Crippen molar-refractivity contribution in [3.63, 3.8) is 0 Å². The van der Waals surface area contributed by atoms with Gasteiger partial charge in [-0.1, -0.05) is 25.1 Å². The van der Waals surface area contributed by atoms with Crippen LogP contribution in [0.1, 0.15) is 61.8 Å². The molecule has 0 spiro atoms. The van der Waals surface area contributed by atoms with Gasteiger partial charge in [-0.2, -0.15) is 0 Å². The summed E-state index contributed by atoms with van der Waals surface area (Å²) < 4.78 is 8.07. The first-order valence-electron chi connectivity index (χ1n) is 12.2. The van der Waals surface area contributed by atoms with E-state index in [4.69, 9.17) is 15.9 Å². The first-order valence-corrected chi connectivity index (χ1v) is 12.2. The molecule has 6 nitrogen and oxygen atoms in total. The SMILES string of the molecule is CC1(CCc2c(C3CCOCC3)n(-c3ccccc3)c3cc(C=N)c(N)cc23)CC(C(=O)O)C1. The zero-order valence-electron chi connectivity index (χ0n) is 19.7. The van der Waals surface area contributed by atoms with Gasteiger partial charge in [0.2, 0.25) is 0 Å². The fourth-order valence-electron chi connectivity index (χ4n) is 6.03. The number of benzene rings is 2. The number of aromatic nitrogens is 1. The number of nitrogens with one attached hydrogen (secondary N) is 1. The molecule has 1 aromatic heterocycles. The molecular formula is C28H33N3O3. The molecule has 1 aliphatic heterocycles. The van der Waals surface area contributed by atoms with E-state index in [1.54, 1.807) is 0 Å². The topological polar surface area (TPSA) is 101 Å². The van der Waals surface area contributed by atoms with Crippen molar-refractivity contribution < 1.29 is 14.6 Å². The van der Waals surface area contributed by atoms with Crippen LogP contribution >= 0.6 is 0 Å². The molecule has 6 heteroatoms. The molecule has 4 N–H and O–H groups in total. The van der Waals surface area contributed by atoms with Crippen molar-refractivity contribution in [2.45, 2.75) is 51.4 Å². The van der Waals surface area contributed by atoms with E-state index in [0.29, 0.717) is 11.6 Å². The number of carbonyl (C=O) groups is 1. The first-order chi connectivity index (χ1) is 16.4. The van der Waals surface area contributed by atoms with Crippen LogP contribution in [0.5, 0.6) is 0 Å². The molecule has 178 valence electrons. The van der Waals surface area contributed by atoms with E-state index in [0.717, 1.165) is 73.9 Å². The second kappa shape index (κ2) is 8.91. The lowest BCUT2D eigenvalue weighted by molar-refractivity contribution is -0.149. The molecule has 0 unspecified atom stereocenters. The fourth-order valence-corrected chi connectivity index (χ4v) is 6.03. The predicted octanol–water partition coefficient (Wildman–Crippen LogP) is 5.54. The van der Waals surface area contributed by atoms with Crippen molar-refractivity contribution in [1.82, 2.24) is 4.57 Å². The number of anilines is 1. The Bertz CT molecular complexity index is 1220. The maximum Gasteiger partial charge on any atom is 0.306 e. The molecule has 2 fully saturated rings. The number of carboxylic acid groups (broad SMARTS) is 1. The Morgan fingerprint density at radius 3 is 2.59 bits per heavy atom. The molecule has 34 heavy (non-hydrogen) atoms. The van der Waals surface area contributed by atoms with Gasteiger partial charge in [-0.05, 0) is 73.8 Å². The number of para-hydroxylation sites is 1. The molecule has 2 aromatic carbocycles. The number of fused-ring (bicyclic) bond motifs is 1. The van der Waals surface area contributed by atoms with Gasteiger partial charge in [0.05, 0.1) is 11.4 Å². The summed E-state index contributed by atoms with van der Waals surface area (Å²) in [5.41, 5.74) is 12.6. The number of nitrogens with two attached hydrogens (primary N) is 1. The summed E-state index contributed by atoms with van der Waals surface area (Å²) in [6.45, 7) is 3.73. The highest BCUT2D eigenvalue weighted by molar-refractivity contribution is 5.97. The zero-order valence-corrected chi connectivity index (χ0v) is 19.7. The zero-order chi connectivity index (χ0) is 23.9. The lowest BCUT2D eigenvalue weighted by atomic mass is 9.61. The van der Waals surface area contributed by atoms with E-state index in [-0.39, 0.29) is 11.3 Å². The minimum Gasteiger partial charge on any atom is -0.481 e. The Morgan fingerprint density at radius 1 is 1.24 bits per heavy atom. The normalized spacial score (nSPS) is 23.0. The van der Waals surface area contributed by atoms with Crippen LogP contribution in [0.25, 0.3) is 16.6 Å².